The zero-order valence-corrected chi connectivity index (χ0v) is 29.9. The lowest BCUT2D eigenvalue weighted by atomic mass is 10.0. The Labute approximate surface area is 295 Å². The maximum Gasteiger partial charge on any atom is 0.259 e. The van der Waals surface area contributed by atoms with Crippen molar-refractivity contribution in [2.45, 2.75) is 57.9 Å². The van der Waals surface area contributed by atoms with Crippen LogP contribution in [0.15, 0.2) is 60.7 Å². The summed E-state index contributed by atoms with van der Waals surface area (Å²) in [7, 11) is 5.89. The van der Waals surface area contributed by atoms with E-state index in [4.69, 9.17) is 26.8 Å². The van der Waals surface area contributed by atoms with Gasteiger partial charge in [0.1, 0.15) is 11.5 Å². The van der Waals surface area contributed by atoms with Crippen LogP contribution in [0.4, 0.5) is 11.4 Å². The number of halogens is 1. The van der Waals surface area contributed by atoms with Gasteiger partial charge in [-0.05, 0) is 114 Å². The number of piperidine rings is 1. The molecule has 1 aliphatic heterocycles. The number of anilines is 2. The van der Waals surface area contributed by atoms with Gasteiger partial charge in [-0.25, -0.2) is 0 Å². The number of amides is 3. The summed E-state index contributed by atoms with van der Waals surface area (Å²) in [6.45, 7) is 5.01. The molecule has 0 atom stereocenters. The first-order valence-electron chi connectivity index (χ1n) is 17.1. The molecule has 3 aromatic rings. The standard InChI is InChI=1S/C38H50ClN5O5/c1-27-14-17-33(35(25-27)49-23-9-5-6-13-36(45)44-21-18-29(19-22-44)42(2)3)43(4)38(47)28-15-16-32(31(39)26-28)41-37(46)30-11-7-8-12-34(30)48-24-10-20-40/h7-8,11-12,14-17,25-26,29H,5-6,9-10,13,18-24,40H2,1-4H3,(H,41,46). The van der Waals surface area contributed by atoms with E-state index in [0.29, 0.717) is 72.6 Å². The minimum absolute atomic E-state index is 0.228. The second-order valence-electron chi connectivity index (χ2n) is 12.7. The van der Waals surface area contributed by atoms with Crippen molar-refractivity contribution in [1.29, 1.82) is 0 Å². The first-order chi connectivity index (χ1) is 23.6. The van der Waals surface area contributed by atoms with Crippen LogP contribution in [0.3, 0.4) is 0 Å². The Balaban J connectivity index is 1.30. The average molecular weight is 692 g/mol. The summed E-state index contributed by atoms with van der Waals surface area (Å²) in [5.74, 6) is 0.646. The minimum atomic E-state index is -0.380. The minimum Gasteiger partial charge on any atom is -0.493 e. The molecule has 264 valence electrons. The van der Waals surface area contributed by atoms with Crippen molar-refractivity contribution in [3.8, 4) is 11.5 Å². The van der Waals surface area contributed by atoms with Crippen molar-refractivity contribution >= 4 is 40.7 Å². The summed E-state index contributed by atoms with van der Waals surface area (Å²) in [5.41, 5.74) is 8.30. The largest absolute Gasteiger partial charge is 0.493 e. The van der Waals surface area contributed by atoms with Gasteiger partial charge in [-0.15, -0.1) is 0 Å². The van der Waals surface area contributed by atoms with E-state index in [9.17, 15) is 14.4 Å². The van der Waals surface area contributed by atoms with E-state index < -0.39 is 0 Å². The van der Waals surface area contributed by atoms with Gasteiger partial charge in [0.25, 0.3) is 11.8 Å². The van der Waals surface area contributed by atoms with Gasteiger partial charge in [0.2, 0.25) is 5.91 Å². The van der Waals surface area contributed by atoms with Crippen LogP contribution in [0, 0.1) is 6.92 Å². The summed E-state index contributed by atoms with van der Waals surface area (Å²) >= 11 is 6.56. The second kappa shape index (κ2) is 18.6. The summed E-state index contributed by atoms with van der Waals surface area (Å²) in [4.78, 5) is 45.1. The molecule has 1 aliphatic rings. The van der Waals surface area contributed by atoms with Crippen LogP contribution in [0.25, 0.3) is 0 Å². The summed E-state index contributed by atoms with van der Waals surface area (Å²) in [6, 6.07) is 18.0. The monoisotopic (exact) mass is 691 g/mol. The maximum atomic E-state index is 13.6. The van der Waals surface area contributed by atoms with Crippen molar-refractivity contribution in [2.75, 3.05) is 64.2 Å². The Morgan fingerprint density at radius 2 is 1.61 bits per heavy atom. The van der Waals surface area contributed by atoms with Gasteiger partial charge in [-0.1, -0.05) is 29.8 Å². The number of nitrogens with one attached hydrogen (secondary N) is 1. The lowest BCUT2D eigenvalue weighted by Crippen LogP contribution is -2.44. The molecule has 0 unspecified atom stereocenters. The number of nitrogens with zero attached hydrogens (tertiary/aromatic N) is 3. The molecule has 0 aromatic heterocycles. The van der Waals surface area contributed by atoms with Gasteiger partial charge in [0.15, 0.2) is 0 Å². The number of hydrogen-bond donors (Lipinski definition) is 2. The Bertz CT molecular complexity index is 1570. The summed E-state index contributed by atoms with van der Waals surface area (Å²) in [6.07, 6.45) is 5.78. The third kappa shape index (κ3) is 10.7. The van der Waals surface area contributed by atoms with Crippen molar-refractivity contribution in [1.82, 2.24) is 9.80 Å². The Morgan fingerprint density at radius 3 is 2.33 bits per heavy atom. The summed E-state index contributed by atoms with van der Waals surface area (Å²) < 4.78 is 11.9. The van der Waals surface area contributed by atoms with Crippen LogP contribution in [-0.4, -0.2) is 87.6 Å². The number of ether oxygens (including phenoxy) is 2. The maximum absolute atomic E-state index is 13.6. The van der Waals surface area contributed by atoms with Crippen molar-refractivity contribution in [2.24, 2.45) is 5.73 Å². The predicted molar refractivity (Wildman–Crippen MR) is 196 cm³/mol. The number of carbonyl (C=O) groups is 3. The molecule has 0 bridgehead atoms. The highest BCUT2D eigenvalue weighted by Gasteiger charge is 2.24. The number of rotatable bonds is 16. The molecule has 0 spiro atoms. The molecule has 0 radical (unpaired) electrons. The Hall–Kier alpha value is -4.12. The molecule has 1 fully saturated rings. The molecule has 3 amide bonds. The number of carbonyl (C=O) groups excluding carboxylic acids is 3. The molecule has 3 N–H and O–H groups in total. The van der Waals surface area contributed by atoms with Crippen LogP contribution >= 0.6 is 11.6 Å². The molecular formula is C38H50ClN5O5. The smallest absolute Gasteiger partial charge is 0.259 e. The lowest BCUT2D eigenvalue weighted by molar-refractivity contribution is -0.132. The van der Waals surface area contributed by atoms with Crippen LogP contribution in [-0.2, 0) is 4.79 Å². The molecule has 49 heavy (non-hydrogen) atoms. The van der Waals surface area contributed by atoms with Crippen LogP contribution in [0.1, 0.15) is 71.2 Å². The summed E-state index contributed by atoms with van der Waals surface area (Å²) in [5, 5.41) is 3.05. The fourth-order valence-corrected chi connectivity index (χ4v) is 6.06. The van der Waals surface area contributed by atoms with E-state index in [1.54, 1.807) is 49.5 Å². The van der Waals surface area contributed by atoms with Crippen molar-refractivity contribution < 1.29 is 23.9 Å². The van der Waals surface area contributed by atoms with Crippen LogP contribution < -0.4 is 25.4 Å². The van der Waals surface area contributed by atoms with E-state index in [1.807, 2.05) is 30.0 Å². The molecule has 3 aromatic carbocycles. The van der Waals surface area contributed by atoms with E-state index in [2.05, 4.69) is 24.3 Å². The molecule has 1 saturated heterocycles. The zero-order chi connectivity index (χ0) is 35.3. The van der Waals surface area contributed by atoms with Gasteiger partial charge < -0.3 is 35.2 Å². The Kier molecular flexibility index (Phi) is 14.3. The lowest BCUT2D eigenvalue weighted by Gasteiger charge is -2.35. The van der Waals surface area contributed by atoms with Crippen molar-refractivity contribution in [3.05, 3.63) is 82.4 Å². The van der Waals surface area contributed by atoms with Gasteiger partial charge in [-0.2, -0.15) is 0 Å². The van der Waals surface area contributed by atoms with Gasteiger partial charge >= 0.3 is 0 Å². The number of benzene rings is 3. The topological polar surface area (TPSA) is 117 Å². The number of unbranched alkanes of at least 4 members (excludes halogenated alkanes) is 2. The highest BCUT2D eigenvalue weighted by Crippen LogP contribution is 2.32. The highest BCUT2D eigenvalue weighted by atomic mass is 35.5. The SMILES string of the molecule is Cc1ccc(N(C)C(=O)c2ccc(NC(=O)c3ccccc3OCCCN)c(Cl)c2)c(OCCCCCC(=O)N2CCC(N(C)C)CC2)c1. The molecule has 0 saturated carbocycles. The van der Waals surface area contributed by atoms with E-state index in [-0.39, 0.29) is 22.7 Å². The van der Waals surface area contributed by atoms with Gasteiger partial charge in [0.05, 0.1) is 35.2 Å². The van der Waals surface area contributed by atoms with E-state index in [0.717, 1.165) is 50.8 Å². The molecule has 1 heterocycles. The number of aryl methyl sites for hydroxylation is 1. The molecular weight excluding hydrogens is 642 g/mol. The third-order valence-corrected chi connectivity index (χ3v) is 9.14. The molecule has 11 heteroatoms. The van der Waals surface area contributed by atoms with Crippen LogP contribution in [0.2, 0.25) is 5.02 Å². The fourth-order valence-electron chi connectivity index (χ4n) is 5.83. The number of likely N-dealkylation sites (tertiary alicyclic amines) is 1. The highest BCUT2D eigenvalue weighted by molar-refractivity contribution is 6.34. The third-order valence-electron chi connectivity index (χ3n) is 8.82. The number of nitrogens with two attached hydrogens (primary N) is 1. The normalized spacial score (nSPS) is 13.3. The fraction of sp³-hybridized carbons (Fsp3) is 0.447. The number of para-hydroxylation sites is 1. The van der Waals surface area contributed by atoms with Crippen molar-refractivity contribution in [3.63, 3.8) is 0 Å². The molecule has 4 rings (SSSR count). The number of hydrogen-bond acceptors (Lipinski definition) is 7. The second-order valence-corrected chi connectivity index (χ2v) is 13.1. The van der Waals surface area contributed by atoms with Gasteiger partial charge in [-0.3, -0.25) is 14.4 Å². The first-order valence-corrected chi connectivity index (χ1v) is 17.4. The molecule has 0 aliphatic carbocycles. The van der Waals surface area contributed by atoms with E-state index >= 15 is 0 Å². The predicted octanol–water partition coefficient (Wildman–Crippen LogP) is 6.40. The average Bonchev–Trinajstić information content (AvgIpc) is 3.10. The van der Waals surface area contributed by atoms with Crippen LogP contribution in [0.5, 0.6) is 11.5 Å². The van der Waals surface area contributed by atoms with E-state index in [1.165, 1.54) is 4.90 Å². The zero-order valence-electron chi connectivity index (χ0n) is 29.2. The Morgan fingerprint density at radius 1 is 0.898 bits per heavy atom. The quantitative estimate of drug-likeness (QED) is 0.167. The first kappa shape index (κ1) is 37.7. The molecule has 10 nitrogen and oxygen atoms in total. The van der Waals surface area contributed by atoms with Gasteiger partial charge in [0, 0.05) is 38.2 Å².